The number of amides is 1. The number of pyridine rings is 1. The lowest BCUT2D eigenvalue weighted by atomic mass is 9.88. The Morgan fingerprint density at radius 2 is 1.57 bits per heavy atom. The van der Waals surface area contributed by atoms with Crippen LogP contribution >= 0.6 is 11.8 Å². The summed E-state index contributed by atoms with van der Waals surface area (Å²) in [7, 11) is 1.51. The maximum absolute atomic E-state index is 15.4. The van der Waals surface area contributed by atoms with Crippen LogP contribution in [0.2, 0.25) is 0 Å². The molecule has 13 heteroatoms. The molecule has 3 aromatic carbocycles. The predicted octanol–water partition coefficient (Wildman–Crippen LogP) is 6.93. The first kappa shape index (κ1) is 40.3. The van der Waals surface area contributed by atoms with Gasteiger partial charge in [-0.1, -0.05) is 43.8 Å². The van der Waals surface area contributed by atoms with Crippen molar-refractivity contribution in [3.8, 4) is 23.0 Å². The molecular formula is C41H45F2N3O7S. The number of unbranched alkanes of at least 4 members (excludes halogenated alkanes) is 2. The molecule has 0 radical (unpaired) electrons. The van der Waals surface area contributed by atoms with E-state index in [1.54, 1.807) is 24.3 Å². The quantitative estimate of drug-likeness (QED) is 0.0719. The van der Waals surface area contributed by atoms with Crippen molar-refractivity contribution < 1.29 is 42.2 Å². The van der Waals surface area contributed by atoms with Crippen molar-refractivity contribution in [3.05, 3.63) is 89.6 Å². The molecule has 1 saturated carbocycles. The number of nitrogens with one attached hydrogen (secondary N) is 1. The zero-order chi connectivity index (χ0) is 38.8. The molecule has 5 rings (SSSR count). The number of hydrogen-bond acceptors (Lipinski definition) is 10. The number of carbonyl (C=O) groups excluding carboxylic acids is 4. The van der Waals surface area contributed by atoms with Gasteiger partial charge in [-0.25, -0.2) is 8.78 Å². The number of aromatic nitrogens is 1. The van der Waals surface area contributed by atoms with E-state index in [1.165, 1.54) is 49.7 Å². The van der Waals surface area contributed by atoms with Crippen molar-refractivity contribution in [1.82, 2.24) is 10.3 Å². The van der Waals surface area contributed by atoms with Crippen molar-refractivity contribution in [2.45, 2.75) is 64.8 Å². The van der Waals surface area contributed by atoms with E-state index < -0.39 is 23.1 Å². The fourth-order valence-corrected chi connectivity index (χ4v) is 6.70. The Morgan fingerprint density at radius 1 is 0.870 bits per heavy atom. The molecule has 1 atom stereocenters. The van der Waals surface area contributed by atoms with Gasteiger partial charge in [0.25, 0.3) is 0 Å². The van der Waals surface area contributed by atoms with Crippen LogP contribution in [0.1, 0.15) is 57.1 Å². The highest BCUT2D eigenvalue weighted by Gasteiger charge is 2.54. The van der Waals surface area contributed by atoms with Crippen LogP contribution in [0.3, 0.4) is 0 Å². The van der Waals surface area contributed by atoms with Crippen molar-refractivity contribution in [1.29, 1.82) is 0 Å². The number of thioether (sulfide) groups is 1. The van der Waals surface area contributed by atoms with Crippen LogP contribution in [0.25, 0.3) is 10.9 Å². The number of benzene rings is 3. The van der Waals surface area contributed by atoms with E-state index in [0.29, 0.717) is 65.3 Å². The summed E-state index contributed by atoms with van der Waals surface area (Å²) in [6, 6.07) is 14.4. The molecule has 1 aromatic heterocycles. The minimum atomic E-state index is -1.08. The number of nitrogens with zero attached hydrogens (tertiary/aromatic N) is 1. The summed E-state index contributed by atoms with van der Waals surface area (Å²) < 4.78 is 46.2. The monoisotopic (exact) mass is 761 g/mol. The number of ketones is 2. The number of hydrogen-bond donors (Lipinski definition) is 2. The molecule has 0 unspecified atom stereocenters. The average Bonchev–Trinajstić information content (AvgIpc) is 3.97. The molecule has 0 spiro atoms. The minimum Gasteiger partial charge on any atom is -0.493 e. The van der Waals surface area contributed by atoms with Gasteiger partial charge in [-0.3, -0.25) is 24.2 Å². The first-order chi connectivity index (χ1) is 25.9. The van der Waals surface area contributed by atoms with Gasteiger partial charge in [0.15, 0.2) is 34.6 Å². The largest absolute Gasteiger partial charge is 0.493 e. The number of nitrogens with two attached hydrogens (primary N) is 1. The summed E-state index contributed by atoms with van der Waals surface area (Å²) in [4.78, 5) is 54.7. The fraction of sp³-hybridized carbons (Fsp3) is 0.390. The van der Waals surface area contributed by atoms with Gasteiger partial charge in [0.05, 0.1) is 36.4 Å². The number of ether oxygens (including phenoxy) is 3. The molecule has 3 N–H and O–H groups in total. The van der Waals surface area contributed by atoms with Crippen LogP contribution in [-0.2, 0) is 32.0 Å². The van der Waals surface area contributed by atoms with Crippen LogP contribution in [-0.4, -0.2) is 59.6 Å². The summed E-state index contributed by atoms with van der Waals surface area (Å²) in [5.41, 5.74) is 6.35. The van der Waals surface area contributed by atoms with E-state index in [0.717, 1.165) is 31.0 Å². The third-order valence-corrected chi connectivity index (χ3v) is 10.4. The van der Waals surface area contributed by atoms with Crippen LogP contribution in [0.15, 0.2) is 66.9 Å². The summed E-state index contributed by atoms with van der Waals surface area (Å²) in [6.45, 7) is 4.61. The molecule has 1 amide bonds. The molecule has 0 bridgehead atoms. The van der Waals surface area contributed by atoms with Gasteiger partial charge in [-0.2, -0.15) is 0 Å². The Labute approximate surface area is 317 Å². The lowest BCUT2D eigenvalue weighted by Crippen LogP contribution is -2.35. The summed E-state index contributed by atoms with van der Waals surface area (Å²) in [5, 5.41) is 3.20. The third-order valence-electron chi connectivity index (χ3n) is 9.40. The molecule has 0 aliphatic heterocycles. The summed E-state index contributed by atoms with van der Waals surface area (Å²) >= 11 is 0.939. The van der Waals surface area contributed by atoms with Gasteiger partial charge >= 0.3 is 0 Å². The normalized spacial score (nSPS) is 13.7. The number of carbonyl (C=O) groups is 4. The number of fused-ring (bicyclic) bond motifs is 1. The van der Waals surface area contributed by atoms with Crippen molar-refractivity contribution >= 4 is 45.3 Å². The van der Waals surface area contributed by atoms with Gasteiger partial charge in [-0.05, 0) is 85.5 Å². The molecule has 1 fully saturated rings. The first-order valence-electron chi connectivity index (χ1n) is 18.0. The molecule has 4 aromatic rings. The molecule has 1 aliphatic rings. The zero-order valence-corrected chi connectivity index (χ0v) is 31.4. The van der Waals surface area contributed by atoms with E-state index in [1.807, 2.05) is 13.8 Å². The summed E-state index contributed by atoms with van der Waals surface area (Å²) in [5.74, 6) is -0.472. The number of Topliss-reactive ketones (excluding diaryl/α,β-unsaturated/α-hetero) is 2. The second kappa shape index (κ2) is 18.4. The van der Waals surface area contributed by atoms with Gasteiger partial charge in [-0.15, -0.1) is 0 Å². The number of halogens is 2. The molecule has 10 nitrogen and oxygen atoms in total. The van der Waals surface area contributed by atoms with E-state index in [2.05, 4.69) is 10.3 Å². The minimum absolute atomic E-state index is 0.0181. The molecular weight excluding hydrogens is 717 g/mol. The second-order valence-corrected chi connectivity index (χ2v) is 14.7. The Kier molecular flexibility index (Phi) is 13.8. The number of rotatable bonds is 20. The topological polar surface area (TPSA) is 147 Å². The Bertz CT molecular complexity index is 1990. The zero-order valence-electron chi connectivity index (χ0n) is 30.6. The van der Waals surface area contributed by atoms with Crippen LogP contribution in [0, 0.1) is 23.0 Å². The highest BCUT2D eigenvalue weighted by molar-refractivity contribution is 8.14. The Balaban J connectivity index is 1.11. The van der Waals surface area contributed by atoms with Crippen LogP contribution in [0.5, 0.6) is 23.0 Å². The van der Waals surface area contributed by atoms with E-state index >= 15 is 4.39 Å². The van der Waals surface area contributed by atoms with Crippen LogP contribution in [0.4, 0.5) is 8.78 Å². The number of methoxy groups -OCH3 is 1. The lowest BCUT2D eigenvalue weighted by Gasteiger charge is -2.15. The fourth-order valence-electron chi connectivity index (χ4n) is 5.86. The standard InChI is InChI=1S/C41H45F2N3O7S/c1-25(2)39(44)40(50)54-24-38(49)46-16-5-4-6-18-52-35-23-31-29(22-34(35)51-3)32(13-17-45-31)53-33-12-9-27(19-30(33)43)21-37(48)41(14-15-41)36(47)20-26-7-10-28(42)11-8-26/h7-13,17,19,22-23,25,39H,4-6,14-16,18,20-21,24,44H2,1-3H3,(H,46,49)/t39-/m0/s1. The van der Waals surface area contributed by atoms with Crippen molar-refractivity contribution in [2.75, 3.05) is 26.0 Å². The lowest BCUT2D eigenvalue weighted by molar-refractivity contribution is -0.134. The SMILES string of the molecule is COc1cc2c(Oc3ccc(CC(=O)C4(C(=O)Cc5ccc(F)cc5)CC4)cc3F)ccnc2cc1OCCCCCNC(=O)CSC(=O)[C@@H](N)C(C)C. The molecule has 1 heterocycles. The maximum Gasteiger partial charge on any atom is 0.230 e. The Hall–Kier alpha value is -4.88. The summed E-state index contributed by atoms with van der Waals surface area (Å²) in [6.07, 6.45) is 4.63. The first-order valence-corrected chi connectivity index (χ1v) is 18.9. The second-order valence-electron chi connectivity index (χ2n) is 13.7. The predicted molar refractivity (Wildman–Crippen MR) is 203 cm³/mol. The third kappa shape index (κ3) is 10.4. The highest BCUT2D eigenvalue weighted by Crippen LogP contribution is 2.49. The average molecular weight is 762 g/mol. The van der Waals surface area contributed by atoms with Gasteiger partial charge in [0, 0.05) is 37.0 Å². The highest BCUT2D eigenvalue weighted by atomic mass is 32.2. The van der Waals surface area contributed by atoms with Crippen molar-refractivity contribution in [2.24, 2.45) is 17.1 Å². The molecule has 0 saturated heterocycles. The van der Waals surface area contributed by atoms with Crippen molar-refractivity contribution in [3.63, 3.8) is 0 Å². The Morgan fingerprint density at radius 3 is 2.24 bits per heavy atom. The maximum atomic E-state index is 15.4. The van der Waals surface area contributed by atoms with Gasteiger partial charge < -0.3 is 25.3 Å². The smallest absolute Gasteiger partial charge is 0.230 e. The van der Waals surface area contributed by atoms with Gasteiger partial charge in [0.2, 0.25) is 11.0 Å². The molecule has 286 valence electrons. The van der Waals surface area contributed by atoms with Gasteiger partial charge in [0.1, 0.15) is 11.6 Å². The van der Waals surface area contributed by atoms with E-state index in [9.17, 15) is 23.6 Å². The van der Waals surface area contributed by atoms with Crippen LogP contribution < -0.4 is 25.3 Å². The van der Waals surface area contributed by atoms with E-state index in [-0.39, 0.29) is 52.9 Å². The molecule has 54 heavy (non-hydrogen) atoms. The molecule has 1 aliphatic carbocycles. The van der Waals surface area contributed by atoms with E-state index in [4.69, 9.17) is 19.9 Å².